The summed E-state index contributed by atoms with van der Waals surface area (Å²) in [5.41, 5.74) is 1.08. The highest BCUT2D eigenvalue weighted by molar-refractivity contribution is 7.13. The van der Waals surface area contributed by atoms with Gasteiger partial charge in [0.2, 0.25) is 17.6 Å². The molecule has 3 aromatic rings. The van der Waals surface area contributed by atoms with Gasteiger partial charge in [-0.1, -0.05) is 17.3 Å². The van der Waals surface area contributed by atoms with Crippen molar-refractivity contribution in [2.24, 2.45) is 0 Å². The second-order valence-corrected chi connectivity index (χ2v) is 8.06. The van der Waals surface area contributed by atoms with E-state index in [2.05, 4.69) is 20.4 Å². The van der Waals surface area contributed by atoms with Gasteiger partial charge in [0, 0.05) is 19.6 Å². The molecule has 1 saturated heterocycles. The molecule has 0 radical (unpaired) electrons. The Labute approximate surface area is 178 Å². The summed E-state index contributed by atoms with van der Waals surface area (Å²) in [5.74, 6) is 2.86. The van der Waals surface area contributed by atoms with Gasteiger partial charge in [-0.25, -0.2) is 0 Å². The Bertz CT molecular complexity index is 983. The summed E-state index contributed by atoms with van der Waals surface area (Å²) in [4.78, 5) is 19.8. The van der Waals surface area contributed by atoms with Crippen LogP contribution in [0.2, 0.25) is 0 Å². The Kier molecular flexibility index (Phi) is 6.29. The Morgan fingerprint density at radius 3 is 2.83 bits per heavy atom. The Hall–Kier alpha value is -2.91. The zero-order chi connectivity index (χ0) is 20.9. The smallest absolute Gasteiger partial charge is 0.234 e. The fourth-order valence-corrected chi connectivity index (χ4v) is 4.05. The number of hydrogen-bond acceptors (Lipinski definition) is 8. The molecule has 8 nitrogen and oxygen atoms in total. The first-order valence-corrected chi connectivity index (χ1v) is 10.6. The fourth-order valence-electron chi connectivity index (χ4n) is 3.40. The summed E-state index contributed by atoms with van der Waals surface area (Å²) < 4.78 is 15.9. The van der Waals surface area contributed by atoms with Crippen LogP contribution in [-0.4, -0.2) is 61.3 Å². The van der Waals surface area contributed by atoms with Crippen LogP contribution in [0.25, 0.3) is 10.7 Å². The SMILES string of the molecule is COc1ccc(CCNC(=O)CN2CC(c3nc(-c4cccs4)no3)C2)cc1OC. The molecule has 1 N–H and O–H groups in total. The molecule has 1 fully saturated rings. The summed E-state index contributed by atoms with van der Waals surface area (Å²) in [5, 5.41) is 9.01. The van der Waals surface area contributed by atoms with Gasteiger partial charge in [-0.2, -0.15) is 4.98 Å². The average molecular weight is 429 g/mol. The zero-order valence-electron chi connectivity index (χ0n) is 17.0. The van der Waals surface area contributed by atoms with E-state index < -0.39 is 0 Å². The quantitative estimate of drug-likeness (QED) is 0.560. The average Bonchev–Trinajstić information content (AvgIpc) is 3.42. The maximum Gasteiger partial charge on any atom is 0.234 e. The normalized spacial score (nSPS) is 14.3. The number of carbonyl (C=O) groups is 1. The van der Waals surface area contributed by atoms with Crippen LogP contribution in [0, 0.1) is 0 Å². The third-order valence-electron chi connectivity index (χ3n) is 5.04. The molecule has 0 bridgehead atoms. The molecule has 0 saturated carbocycles. The number of nitrogens with zero attached hydrogens (tertiary/aromatic N) is 3. The van der Waals surface area contributed by atoms with E-state index in [0.717, 1.165) is 30.0 Å². The molecule has 2 aromatic heterocycles. The van der Waals surface area contributed by atoms with Gasteiger partial charge in [0.1, 0.15) is 0 Å². The standard InChI is InChI=1S/C21H24N4O4S/c1-27-16-6-5-14(10-17(16)28-2)7-8-22-19(26)13-25-11-15(12-25)21-23-20(24-29-21)18-4-3-9-30-18/h3-6,9-10,15H,7-8,11-13H2,1-2H3,(H,22,26). The van der Waals surface area contributed by atoms with Crippen molar-refractivity contribution in [2.45, 2.75) is 12.3 Å². The number of nitrogens with one attached hydrogen (secondary N) is 1. The minimum absolute atomic E-state index is 0.0127. The number of methoxy groups -OCH3 is 2. The van der Waals surface area contributed by atoms with Gasteiger partial charge in [0.25, 0.3) is 0 Å². The number of likely N-dealkylation sites (tertiary alicyclic amines) is 1. The number of ether oxygens (including phenoxy) is 2. The molecule has 158 valence electrons. The van der Waals surface area contributed by atoms with Gasteiger partial charge in [-0.15, -0.1) is 11.3 Å². The number of rotatable bonds is 9. The van der Waals surface area contributed by atoms with Crippen LogP contribution in [0.3, 0.4) is 0 Å². The van der Waals surface area contributed by atoms with Gasteiger partial charge < -0.3 is 19.3 Å². The lowest BCUT2D eigenvalue weighted by molar-refractivity contribution is -0.123. The van der Waals surface area contributed by atoms with Crippen LogP contribution in [0.1, 0.15) is 17.4 Å². The molecule has 1 aliphatic heterocycles. The monoisotopic (exact) mass is 428 g/mol. The van der Waals surface area contributed by atoms with E-state index >= 15 is 0 Å². The van der Waals surface area contributed by atoms with E-state index in [1.54, 1.807) is 25.6 Å². The second kappa shape index (κ2) is 9.27. The van der Waals surface area contributed by atoms with Gasteiger partial charge in [0.15, 0.2) is 11.5 Å². The maximum absolute atomic E-state index is 12.2. The van der Waals surface area contributed by atoms with Crippen LogP contribution in [0.15, 0.2) is 40.2 Å². The summed E-state index contributed by atoms with van der Waals surface area (Å²) in [6.07, 6.45) is 0.724. The van der Waals surface area contributed by atoms with Crippen molar-refractivity contribution in [3.05, 3.63) is 47.2 Å². The Morgan fingerprint density at radius 1 is 1.27 bits per heavy atom. The molecule has 1 aromatic carbocycles. The molecular weight excluding hydrogens is 404 g/mol. The van der Waals surface area contributed by atoms with E-state index in [1.165, 1.54) is 0 Å². The Morgan fingerprint density at radius 2 is 2.10 bits per heavy atom. The van der Waals surface area contributed by atoms with Crippen molar-refractivity contribution in [1.82, 2.24) is 20.4 Å². The van der Waals surface area contributed by atoms with Crippen molar-refractivity contribution in [1.29, 1.82) is 0 Å². The van der Waals surface area contributed by atoms with Gasteiger partial charge >= 0.3 is 0 Å². The minimum Gasteiger partial charge on any atom is -0.493 e. The van der Waals surface area contributed by atoms with Crippen LogP contribution >= 0.6 is 11.3 Å². The lowest BCUT2D eigenvalue weighted by Gasteiger charge is -2.36. The van der Waals surface area contributed by atoms with E-state index in [4.69, 9.17) is 14.0 Å². The highest BCUT2D eigenvalue weighted by atomic mass is 32.1. The van der Waals surface area contributed by atoms with Crippen molar-refractivity contribution < 1.29 is 18.8 Å². The number of amides is 1. The third kappa shape index (κ3) is 4.63. The van der Waals surface area contributed by atoms with Gasteiger partial charge in [-0.3, -0.25) is 9.69 Å². The molecule has 4 rings (SSSR count). The van der Waals surface area contributed by atoms with Crippen LogP contribution in [0.5, 0.6) is 11.5 Å². The summed E-state index contributed by atoms with van der Waals surface area (Å²) in [6, 6.07) is 9.71. The zero-order valence-corrected chi connectivity index (χ0v) is 17.8. The van der Waals surface area contributed by atoms with Gasteiger partial charge in [-0.05, 0) is 35.6 Å². The fraction of sp³-hybridized carbons (Fsp3) is 0.381. The first kappa shape index (κ1) is 20.4. The largest absolute Gasteiger partial charge is 0.493 e. The van der Waals surface area contributed by atoms with E-state index in [1.807, 2.05) is 35.7 Å². The van der Waals surface area contributed by atoms with Crippen molar-refractivity contribution in [2.75, 3.05) is 40.4 Å². The summed E-state index contributed by atoms with van der Waals surface area (Å²) >= 11 is 1.58. The highest BCUT2D eigenvalue weighted by Crippen LogP contribution is 2.29. The Balaban J connectivity index is 1.18. The lowest BCUT2D eigenvalue weighted by atomic mass is 10.0. The van der Waals surface area contributed by atoms with Gasteiger partial charge in [0.05, 0.1) is 31.6 Å². The second-order valence-electron chi connectivity index (χ2n) is 7.11. The topological polar surface area (TPSA) is 89.7 Å². The van der Waals surface area contributed by atoms with Crippen molar-refractivity contribution in [3.63, 3.8) is 0 Å². The highest BCUT2D eigenvalue weighted by Gasteiger charge is 2.33. The van der Waals surface area contributed by atoms with Crippen LogP contribution in [0.4, 0.5) is 0 Å². The maximum atomic E-state index is 12.2. The molecule has 0 unspecified atom stereocenters. The number of thiophene rings is 1. The molecule has 3 heterocycles. The number of carbonyl (C=O) groups excluding carboxylic acids is 1. The molecule has 0 aliphatic carbocycles. The molecule has 30 heavy (non-hydrogen) atoms. The van der Waals surface area contributed by atoms with E-state index in [-0.39, 0.29) is 11.8 Å². The summed E-state index contributed by atoms with van der Waals surface area (Å²) in [6.45, 7) is 2.43. The number of benzene rings is 1. The van der Waals surface area contributed by atoms with E-state index in [0.29, 0.717) is 36.3 Å². The molecule has 9 heteroatoms. The van der Waals surface area contributed by atoms with Crippen LogP contribution < -0.4 is 14.8 Å². The number of aromatic nitrogens is 2. The molecule has 1 aliphatic rings. The van der Waals surface area contributed by atoms with Crippen molar-refractivity contribution >= 4 is 17.2 Å². The van der Waals surface area contributed by atoms with Crippen molar-refractivity contribution in [3.8, 4) is 22.2 Å². The predicted octanol–water partition coefficient (Wildman–Crippen LogP) is 2.57. The van der Waals surface area contributed by atoms with Crippen LogP contribution in [-0.2, 0) is 11.2 Å². The first-order chi connectivity index (χ1) is 14.7. The molecule has 0 atom stereocenters. The molecule has 0 spiro atoms. The molecular formula is C21H24N4O4S. The van der Waals surface area contributed by atoms with E-state index in [9.17, 15) is 4.79 Å². The number of hydrogen-bond donors (Lipinski definition) is 1. The minimum atomic E-state index is 0.0127. The summed E-state index contributed by atoms with van der Waals surface area (Å²) in [7, 11) is 3.22. The lowest BCUT2D eigenvalue weighted by Crippen LogP contribution is -2.49. The molecule has 1 amide bonds. The first-order valence-electron chi connectivity index (χ1n) is 9.73. The third-order valence-corrected chi connectivity index (χ3v) is 5.91. The predicted molar refractivity (Wildman–Crippen MR) is 113 cm³/mol.